The second-order valence-electron chi connectivity index (χ2n) is 0. The van der Waals surface area contributed by atoms with Crippen LogP contribution in [0.3, 0.4) is 0 Å². The second kappa shape index (κ2) is 16.7. The Labute approximate surface area is 96.9 Å². The quantitative estimate of drug-likeness (QED) is 0.389. The van der Waals surface area contributed by atoms with Crippen LogP contribution in [0.1, 0.15) is 0 Å². The standard InChI is InChI=1S/2ClH.K.Mg.3H/h2*1H;;;;;. The number of halogens is 2. The third-order valence-corrected chi connectivity index (χ3v) is 0. The molecule has 0 N–H and O–H groups in total. The van der Waals surface area contributed by atoms with E-state index in [9.17, 15) is 0 Å². The predicted molar refractivity (Wildman–Crippen MR) is 30.2 cm³/mol. The fourth-order valence-electron chi connectivity index (χ4n) is 0. The smallest absolute Gasteiger partial charge is 0.316 e. The van der Waals surface area contributed by atoms with Crippen molar-refractivity contribution in [2.75, 3.05) is 0 Å². The zero-order chi connectivity index (χ0) is 0. The molecule has 0 saturated carbocycles. The van der Waals surface area contributed by atoms with Crippen LogP contribution in [0.15, 0.2) is 0 Å². The van der Waals surface area contributed by atoms with Gasteiger partial charge in [0.05, 0.1) is 0 Å². The van der Waals surface area contributed by atoms with Gasteiger partial charge >= 0.3 is 74.4 Å². The van der Waals surface area contributed by atoms with Crippen LogP contribution >= 0.6 is 24.8 Å². The zero-order valence-corrected chi connectivity index (χ0v) is 2.45. The summed E-state index contributed by atoms with van der Waals surface area (Å²) in [6.07, 6.45) is 0. The van der Waals surface area contributed by atoms with Crippen LogP contribution in [-0.2, 0) is 0 Å². The van der Waals surface area contributed by atoms with E-state index >= 15 is 0 Å². The summed E-state index contributed by atoms with van der Waals surface area (Å²) in [5, 5.41) is 0. The predicted octanol–water partition coefficient (Wildman–Crippen LogP) is -0.721. The van der Waals surface area contributed by atoms with Crippen molar-refractivity contribution in [3.8, 4) is 0 Å². The monoisotopic (exact) mass is 138 g/mol. The van der Waals surface area contributed by atoms with Gasteiger partial charge in [0.25, 0.3) is 0 Å². The van der Waals surface area contributed by atoms with Gasteiger partial charge in [-0.1, -0.05) is 0 Å². The summed E-state index contributed by atoms with van der Waals surface area (Å²) < 4.78 is 0. The maximum absolute atomic E-state index is 0. The first-order chi connectivity index (χ1) is 0. The Morgan fingerprint density at radius 1 is 0.750 bits per heavy atom. The molecule has 0 rings (SSSR count). The summed E-state index contributed by atoms with van der Waals surface area (Å²) in [6, 6.07) is 0. The maximum atomic E-state index is 0. The molecule has 0 unspecified atom stereocenters. The Morgan fingerprint density at radius 2 is 0.750 bits per heavy atom. The van der Waals surface area contributed by atoms with Gasteiger partial charge in [-0.25, -0.2) is 0 Å². The summed E-state index contributed by atoms with van der Waals surface area (Å²) in [7, 11) is 0. The first kappa shape index (κ1) is 28.1. The van der Waals surface area contributed by atoms with E-state index < -0.39 is 0 Å². The van der Waals surface area contributed by atoms with Crippen molar-refractivity contribution in [1.29, 1.82) is 0 Å². The van der Waals surface area contributed by atoms with Crippen molar-refractivity contribution in [1.82, 2.24) is 0 Å². The van der Waals surface area contributed by atoms with E-state index in [-0.39, 0.29) is 99.3 Å². The number of rotatable bonds is 0. The Balaban J connectivity index is 0. The molecule has 0 aliphatic rings. The van der Waals surface area contributed by atoms with E-state index in [1.54, 1.807) is 0 Å². The minimum Gasteiger partial charge on any atom is 0.316 e. The van der Waals surface area contributed by atoms with Crippen LogP contribution in [0, 0.1) is 0 Å². The first-order valence-electron chi connectivity index (χ1n) is 0. The van der Waals surface area contributed by atoms with Crippen LogP contribution in [0.4, 0.5) is 0 Å². The minimum atomic E-state index is 0. The molecule has 0 bridgehead atoms. The van der Waals surface area contributed by atoms with Crippen LogP contribution in [0.2, 0.25) is 0 Å². The largest absolute Gasteiger partial charge is 0.316 e. The molecule has 0 aromatic rings. The van der Waals surface area contributed by atoms with Crippen LogP contribution in [-0.4, -0.2) is 74.4 Å². The summed E-state index contributed by atoms with van der Waals surface area (Å²) in [6.45, 7) is 0. The molecule has 0 radical (unpaired) electrons. The van der Waals surface area contributed by atoms with E-state index in [4.69, 9.17) is 0 Å². The van der Waals surface area contributed by atoms with Gasteiger partial charge in [0.1, 0.15) is 0 Å². The molecule has 0 heterocycles. The van der Waals surface area contributed by atoms with Crippen molar-refractivity contribution < 1.29 is 0 Å². The fraction of sp³-hybridized carbons (Fsp3) is 0. The third kappa shape index (κ3) is 8.88. The SMILES string of the molecule is Cl.Cl.[KH].[MgH2]. The van der Waals surface area contributed by atoms with Gasteiger partial charge in [-0.3, -0.25) is 0 Å². The summed E-state index contributed by atoms with van der Waals surface area (Å²) in [5.41, 5.74) is 0. The molecule has 4 heteroatoms. The Hall–Kier alpha value is 2.98. The molecule has 0 aromatic carbocycles. The number of hydrogen-bond acceptors (Lipinski definition) is 0. The Bertz CT molecular complexity index is 6.00. The molecule has 0 aromatic heterocycles. The molecule has 0 aliphatic carbocycles. The molecule has 0 saturated heterocycles. The van der Waals surface area contributed by atoms with Crippen LogP contribution < -0.4 is 0 Å². The van der Waals surface area contributed by atoms with Gasteiger partial charge < -0.3 is 0 Å². The third-order valence-electron chi connectivity index (χ3n) is 0. The minimum absolute atomic E-state index is 0. The van der Waals surface area contributed by atoms with Gasteiger partial charge in [0.15, 0.2) is 0 Å². The molecule has 0 spiro atoms. The number of hydrogen-bond donors (Lipinski definition) is 0. The Morgan fingerprint density at radius 3 is 0.750 bits per heavy atom. The average molecular weight is 139 g/mol. The van der Waals surface area contributed by atoms with Crippen molar-refractivity contribution in [2.45, 2.75) is 0 Å². The average Bonchev–Trinajstić information content (AvgIpc) is 0. The van der Waals surface area contributed by atoms with Gasteiger partial charge in [-0.2, -0.15) is 0 Å². The van der Waals surface area contributed by atoms with E-state index in [0.29, 0.717) is 0 Å². The van der Waals surface area contributed by atoms with E-state index in [1.807, 2.05) is 0 Å². The molecule has 0 amide bonds. The molecule has 0 atom stereocenters. The van der Waals surface area contributed by atoms with Crippen molar-refractivity contribution in [2.24, 2.45) is 0 Å². The Kier molecular flexibility index (Phi) is 117. The molecule has 0 fully saturated rings. The zero-order valence-electron chi connectivity index (χ0n) is 0.816. The van der Waals surface area contributed by atoms with Crippen molar-refractivity contribution in [3.05, 3.63) is 0 Å². The van der Waals surface area contributed by atoms with Crippen molar-refractivity contribution in [3.63, 3.8) is 0 Å². The summed E-state index contributed by atoms with van der Waals surface area (Å²) >= 11 is 0. The van der Waals surface area contributed by atoms with E-state index in [1.165, 1.54) is 0 Å². The molecule has 4 heavy (non-hydrogen) atoms. The van der Waals surface area contributed by atoms with E-state index in [0.717, 1.165) is 0 Å². The van der Waals surface area contributed by atoms with E-state index in [2.05, 4.69) is 0 Å². The van der Waals surface area contributed by atoms with Crippen LogP contribution in [0.25, 0.3) is 0 Å². The first-order valence-corrected chi connectivity index (χ1v) is 0. The molecule has 22 valence electrons. The van der Waals surface area contributed by atoms with Gasteiger partial charge in [0, 0.05) is 0 Å². The topological polar surface area (TPSA) is 0 Å². The molecule has 0 nitrogen and oxygen atoms in total. The fourth-order valence-corrected chi connectivity index (χ4v) is 0. The van der Waals surface area contributed by atoms with Gasteiger partial charge in [0.2, 0.25) is 0 Å². The van der Waals surface area contributed by atoms with Gasteiger partial charge in [-0.15, -0.1) is 24.8 Å². The maximum Gasteiger partial charge on any atom is 0.316 e. The van der Waals surface area contributed by atoms with Crippen molar-refractivity contribution >= 4 is 99.3 Å². The summed E-state index contributed by atoms with van der Waals surface area (Å²) in [5.74, 6) is 0. The molecule has 0 aliphatic heterocycles. The van der Waals surface area contributed by atoms with Crippen LogP contribution in [0.5, 0.6) is 0 Å². The summed E-state index contributed by atoms with van der Waals surface area (Å²) in [4.78, 5) is 0. The molecular formula is H5Cl2KMg. The molecular weight excluding hydrogens is 134 g/mol. The normalized spacial score (nSPS) is 0. The van der Waals surface area contributed by atoms with Gasteiger partial charge in [-0.05, 0) is 0 Å². The second-order valence-corrected chi connectivity index (χ2v) is 0.